The molecule has 6 heteroatoms. The number of benzene rings is 3. The summed E-state index contributed by atoms with van der Waals surface area (Å²) in [5.74, 6) is 2.08. The minimum atomic E-state index is -0.178. The number of amides is 1. The molecule has 3 aromatic rings. The molecule has 3 aromatic carbocycles. The lowest BCUT2D eigenvalue weighted by molar-refractivity contribution is -0.116. The van der Waals surface area contributed by atoms with Crippen LogP contribution >= 0.6 is 0 Å². The molecule has 1 amide bonds. The van der Waals surface area contributed by atoms with E-state index in [1.54, 1.807) is 12.0 Å². The number of methoxy groups -OCH3 is 1. The first kappa shape index (κ1) is 23.9. The summed E-state index contributed by atoms with van der Waals surface area (Å²) in [7, 11) is 1.62. The summed E-state index contributed by atoms with van der Waals surface area (Å²) in [4.78, 5) is 17.2. The predicted molar refractivity (Wildman–Crippen MR) is 142 cm³/mol. The van der Waals surface area contributed by atoms with E-state index in [0.29, 0.717) is 36.2 Å². The van der Waals surface area contributed by atoms with Gasteiger partial charge in [0.15, 0.2) is 17.3 Å². The highest BCUT2D eigenvalue weighted by atomic mass is 16.5. The Morgan fingerprint density at radius 2 is 1.58 bits per heavy atom. The molecule has 1 fully saturated rings. The molecule has 186 valence electrons. The fourth-order valence-electron chi connectivity index (χ4n) is 4.67. The average Bonchev–Trinajstić information content (AvgIpc) is 3.30. The molecule has 0 unspecified atom stereocenters. The molecule has 0 bridgehead atoms. The minimum absolute atomic E-state index is 0.178. The van der Waals surface area contributed by atoms with Gasteiger partial charge in [-0.2, -0.15) is 0 Å². The van der Waals surface area contributed by atoms with Crippen LogP contribution in [0.15, 0.2) is 84.6 Å². The van der Waals surface area contributed by atoms with E-state index >= 15 is 0 Å². The van der Waals surface area contributed by atoms with Crippen molar-refractivity contribution >= 4 is 11.6 Å². The van der Waals surface area contributed by atoms with Gasteiger partial charge in [0.05, 0.1) is 7.11 Å². The highest BCUT2D eigenvalue weighted by molar-refractivity contribution is 6.07. The van der Waals surface area contributed by atoms with E-state index in [4.69, 9.17) is 14.2 Å². The zero-order valence-electron chi connectivity index (χ0n) is 20.7. The zero-order valence-corrected chi connectivity index (χ0v) is 20.7. The lowest BCUT2D eigenvalue weighted by Crippen LogP contribution is -2.33. The Morgan fingerprint density at radius 3 is 2.33 bits per heavy atom. The Balaban J connectivity index is 1.19. The molecule has 1 saturated heterocycles. The van der Waals surface area contributed by atoms with Crippen molar-refractivity contribution < 1.29 is 19.0 Å². The van der Waals surface area contributed by atoms with Crippen molar-refractivity contribution in [2.45, 2.75) is 19.3 Å². The van der Waals surface area contributed by atoms with Crippen LogP contribution in [-0.4, -0.2) is 50.7 Å². The number of anilines is 1. The largest absolute Gasteiger partial charge is 0.493 e. The Hall–Kier alpha value is -3.77. The Labute approximate surface area is 212 Å². The van der Waals surface area contributed by atoms with Gasteiger partial charge in [-0.3, -0.25) is 9.69 Å². The molecule has 36 heavy (non-hydrogen) atoms. The van der Waals surface area contributed by atoms with Gasteiger partial charge < -0.3 is 19.1 Å². The molecule has 0 spiro atoms. The summed E-state index contributed by atoms with van der Waals surface area (Å²) in [6.45, 7) is 4.25. The number of piperidine rings is 1. The number of likely N-dealkylation sites (tertiary alicyclic amines) is 1. The van der Waals surface area contributed by atoms with Gasteiger partial charge in [0, 0.05) is 24.8 Å². The smallest absolute Gasteiger partial charge is 0.294 e. The molecule has 0 aliphatic carbocycles. The van der Waals surface area contributed by atoms with Crippen molar-refractivity contribution in [3.63, 3.8) is 0 Å². The first-order chi connectivity index (χ1) is 17.7. The lowest BCUT2D eigenvalue weighted by Gasteiger charge is -2.26. The fourth-order valence-corrected chi connectivity index (χ4v) is 4.67. The first-order valence-corrected chi connectivity index (χ1v) is 12.6. The summed E-state index contributed by atoms with van der Waals surface area (Å²) < 4.78 is 17.5. The summed E-state index contributed by atoms with van der Waals surface area (Å²) in [6.07, 6.45) is 5.66. The van der Waals surface area contributed by atoms with E-state index in [1.807, 2.05) is 66.7 Å². The van der Waals surface area contributed by atoms with Crippen LogP contribution in [0.1, 0.15) is 19.3 Å². The maximum Gasteiger partial charge on any atom is 0.294 e. The van der Waals surface area contributed by atoms with Crippen LogP contribution in [0.5, 0.6) is 17.2 Å². The molecular weight excluding hydrogens is 452 g/mol. The predicted octanol–water partition coefficient (Wildman–Crippen LogP) is 5.54. The maximum absolute atomic E-state index is 13.1. The van der Waals surface area contributed by atoms with Crippen molar-refractivity contribution in [1.82, 2.24) is 4.90 Å². The number of hydrogen-bond donors (Lipinski definition) is 0. The normalized spacial score (nSPS) is 16.1. The SMILES string of the molecule is COc1cc(N2CC=C(Oc3ccc(-c4ccccc4)cc3)C2=O)ccc1OCCN1CCCCC1. The van der Waals surface area contributed by atoms with Crippen molar-refractivity contribution in [3.8, 4) is 28.4 Å². The average molecular weight is 485 g/mol. The Morgan fingerprint density at radius 1 is 0.833 bits per heavy atom. The molecule has 2 aliphatic rings. The third-order valence-corrected chi connectivity index (χ3v) is 6.68. The summed E-state index contributed by atoms with van der Waals surface area (Å²) in [5.41, 5.74) is 2.98. The van der Waals surface area contributed by atoms with Crippen molar-refractivity contribution in [2.75, 3.05) is 44.8 Å². The van der Waals surface area contributed by atoms with Gasteiger partial charge in [0.1, 0.15) is 12.4 Å². The van der Waals surface area contributed by atoms with Crippen molar-refractivity contribution in [3.05, 3.63) is 84.6 Å². The van der Waals surface area contributed by atoms with Crippen LogP contribution in [-0.2, 0) is 4.79 Å². The number of nitrogens with zero attached hydrogens (tertiary/aromatic N) is 2. The quantitative estimate of drug-likeness (QED) is 0.399. The highest BCUT2D eigenvalue weighted by Crippen LogP contribution is 2.34. The monoisotopic (exact) mass is 484 g/mol. The third-order valence-electron chi connectivity index (χ3n) is 6.68. The zero-order chi connectivity index (χ0) is 24.7. The molecule has 2 heterocycles. The molecule has 0 radical (unpaired) electrons. The van der Waals surface area contributed by atoms with Crippen LogP contribution in [0.4, 0.5) is 5.69 Å². The summed E-state index contributed by atoms with van der Waals surface area (Å²) in [6, 6.07) is 23.5. The molecule has 0 saturated carbocycles. The molecule has 5 rings (SSSR count). The molecule has 6 nitrogen and oxygen atoms in total. The Bertz CT molecular complexity index is 1200. The van der Waals surface area contributed by atoms with Gasteiger partial charge in [0.2, 0.25) is 0 Å². The second-order valence-corrected chi connectivity index (χ2v) is 9.06. The van der Waals surface area contributed by atoms with E-state index in [1.165, 1.54) is 19.3 Å². The van der Waals surface area contributed by atoms with E-state index < -0.39 is 0 Å². The number of hydrogen-bond acceptors (Lipinski definition) is 5. The number of rotatable bonds is 9. The van der Waals surface area contributed by atoms with Gasteiger partial charge in [-0.25, -0.2) is 0 Å². The van der Waals surface area contributed by atoms with Gasteiger partial charge in [0.25, 0.3) is 5.91 Å². The number of carbonyl (C=O) groups excluding carboxylic acids is 1. The topological polar surface area (TPSA) is 51.2 Å². The van der Waals surface area contributed by atoms with Crippen LogP contribution in [0.2, 0.25) is 0 Å². The highest BCUT2D eigenvalue weighted by Gasteiger charge is 2.28. The van der Waals surface area contributed by atoms with Gasteiger partial charge >= 0.3 is 0 Å². The van der Waals surface area contributed by atoms with Crippen molar-refractivity contribution in [1.29, 1.82) is 0 Å². The minimum Gasteiger partial charge on any atom is -0.493 e. The second kappa shape index (κ2) is 11.3. The van der Waals surface area contributed by atoms with E-state index in [-0.39, 0.29) is 5.91 Å². The van der Waals surface area contributed by atoms with Gasteiger partial charge in [-0.15, -0.1) is 0 Å². The number of carbonyl (C=O) groups is 1. The fraction of sp³-hybridized carbons (Fsp3) is 0.300. The molecule has 0 aromatic heterocycles. The van der Waals surface area contributed by atoms with E-state index in [0.717, 1.165) is 36.4 Å². The van der Waals surface area contributed by atoms with Crippen molar-refractivity contribution in [2.24, 2.45) is 0 Å². The summed E-state index contributed by atoms with van der Waals surface area (Å²) >= 11 is 0. The lowest BCUT2D eigenvalue weighted by atomic mass is 10.1. The van der Waals surface area contributed by atoms with Gasteiger partial charge in [-0.05, 0) is 67.4 Å². The van der Waals surface area contributed by atoms with Crippen LogP contribution in [0.3, 0.4) is 0 Å². The Kier molecular flexibility index (Phi) is 7.52. The molecule has 2 aliphatic heterocycles. The standard InChI is InChI=1S/C30H32N2O4/c1-34-29-22-25(12-15-27(29)35-21-20-31-17-6-3-7-18-31)32-19-16-28(30(32)33)36-26-13-10-24(11-14-26)23-8-4-2-5-9-23/h2,4-5,8-16,22H,3,6-7,17-21H2,1H3. The van der Waals surface area contributed by atoms with E-state index in [9.17, 15) is 4.79 Å². The number of ether oxygens (including phenoxy) is 3. The molecular formula is C30H32N2O4. The summed E-state index contributed by atoms with van der Waals surface area (Å²) in [5, 5.41) is 0. The van der Waals surface area contributed by atoms with E-state index in [2.05, 4.69) is 17.0 Å². The first-order valence-electron chi connectivity index (χ1n) is 12.6. The van der Waals surface area contributed by atoms with Crippen LogP contribution in [0, 0.1) is 0 Å². The van der Waals surface area contributed by atoms with Crippen LogP contribution in [0.25, 0.3) is 11.1 Å². The third kappa shape index (κ3) is 5.55. The maximum atomic E-state index is 13.1. The molecule has 0 N–H and O–H groups in total. The second-order valence-electron chi connectivity index (χ2n) is 9.06. The van der Waals surface area contributed by atoms with Crippen LogP contribution < -0.4 is 19.1 Å². The molecule has 0 atom stereocenters. The van der Waals surface area contributed by atoms with Gasteiger partial charge in [-0.1, -0.05) is 48.9 Å².